The molecule has 1 nitrogen and oxygen atoms in total. The average Bonchev–Trinajstić information content (AvgIpc) is 3.64. The molecular weight excluding hydrogens is 671 g/mol. The van der Waals surface area contributed by atoms with Gasteiger partial charge < -0.3 is 4.90 Å². The first-order valence-corrected chi connectivity index (χ1v) is 19.2. The molecule has 9 aromatic carbocycles. The SMILES string of the molecule is c1ccc(-c2ccccc2-c2ccc(N(c3ccc(-c4cccc(-c5ccc6ccccc6c5)c4)cc3)c3cccc4c3sc3ccccc34)cc2)cc1. The lowest BCUT2D eigenvalue weighted by Gasteiger charge is -2.26. The lowest BCUT2D eigenvalue weighted by Crippen LogP contribution is -2.10. The zero-order chi connectivity index (χ0) is 35.8. The molecular formula is C52H35NS. The van der Waals surface area contributed by atoms with Gasteiger partial charge >= 0.3 is 0 Å². The van der Waals surface area contributed by atoms with Crippen LogP contribution in [0.15, 0.2) is 212 Å². The van der Waals surface area contributed by atoms with Gasteiger partial charge in [0.25, 0.3) is 0 Å². The maximum Gasteiger partial charge on any atom is 0.0640 e. The van der Waals surface area contributed by atoms with Crippen LogP contribution < -0.4 is 4.90 Å². The quantitative estimate of drug-likeness (QED) is 0.160. The molecule has 254 valence electrons. The van der Waals surface area contributed by atoms with Crippen molar-refractivity contribution in [1.29, 1.82) is 0 Å². The summed E-state index contributed by atoms with van der Waals surface area (Å²) in [6.07, 6.45) is 0. The molecule has 10 rings (SSSR count). The maximum atomic E-state index is 2.42. The zero-order valence-corrected chi connectivity index (χ0v) is 30.4. The molecule has 10 aromatic rings. The molecule has 0 atom stereocenters. The lowest BCUT2D eigenvalue weighted by atomic mass is 9.94. The Morgan fingerprint density at radius 1 is 0.315 bits per heavy atom. The predicted octanol–water partition coefficient (Wildman–Crippen LogP) is 15.3. The summed E-state index contributed by atoms with van der Waals surface area (Å²) in [6.45, 7) is 0. The van der Waals surface area contributed by atoms with Crippen molar-refractivity contribution in [2.75, 3.05) is 4.90 Å². The van der Waals surface area contributed by atoms with E-state index in [-0.39, 0.29) is 0 Å². The molecule has 1 aromatic heterocycles. The fourth-order valence-electron chi connectivity index (χ4n) is 7.78. The molecule has 0 radical (unpaired) electrons. The van der Waals surface area contributed by atoms with E-state index >= 15 is 0 Å². The molecule has 0 amide bonds. The average molecular weight is 706 g/mol. The second kappa shape index (κ2) is 13.7. The van der Waals surface area contributed by atoms with Gasteiger partial charge in [-0.25, -0.2) is 0 Å². The molecule has 54 heavy (non-hydrogen) atoms. The molecule has 0 aliphatic heterocycles. The number of anilines is 3. The third-order valence-corrected chi connectivity index (χ3v) is 11.7. The van der Waals surface area contributed by atoms with Gasteiger partial charge in [0.05, 0.1) is 10.4 Å². The maximum absolute atomic E-state index is 2.42. The number of benzene rings is 9. The molecule has 2 heteroatoms. The highest BCUT2D eigenvalue weighted by Crippen LogP contribution is 2.45. The molecule has 0 bridgehead atoms. The van der Waals surface area contributed by atoms with E-state index in [1.807, 2.05) is 11.3 Å². The first kappa shape index (κ1) is 32.0. The van der Waals surface area contributed by atoms with E-state index in [2.05, 4.69) is 217 Å². The van der Waals surface area contributed by atoms with Crippen molar-refractivity contribution >= 4 is 59.3 Å². The van der Waals surface area contributed by atoms with Crippen LogP contribution in [0.4, 0.5) is 17.1 Å². The smallest absolute Gasteiger partial charge is 0.0640 e. The summed E-state index contributed by atoms with van der Waals surface area (Å²) >= 11 is 1.86. The Morgan fingerprint density at radius 2 is 0.833 bits per heavy atom. The molecule has 0 fully saturated rings. The second-order valence-electron chi connectivity index (χ2n) is 13.7. The van der Waals surface area contributed by atoms with E-state index in [0.29, 0.717) is 0 Å². The minimum Gasteiger partial charge on any atom is -0.309 e. The summed E-state index contributed by atoms with van der Waals surface area (Å²) in [4.78, 5) is 2.42. The summed E-state index contributed by atoms with van der Waals surface area (Å²) in [6, 6.07) is 77.1. The highest BCUT2D eigenvalue weighted by molar-refractivity contribution is 7.26. The van der Waals surface area contributed by atoms with Gasteiger partial charge in [0.15, 0.2) is 0 Å². The number of thiophene rings is 1. The van der Waals surface area contributed by atoms with Crippen molar-refractivity contribution in [2.45, 2.75) is 0 Å². The van der Waals surface area contributed by atoms with E-state index in [4.69, 9.17) is 0 Å². The van der Waals surface area contributed by atoms with Crippen LogP contribution >= 0.6 is 11.3 Å². The Balaban J connectivity index is 1.06. The largest absolute Gasteiger partial charge is 0.309 e. The molecule has 0 aliphatic carbocycles. The summed E-state index contributed by atoms with van der Waals surface area (Å²) in [5.41, 5.74) is 13.1. The van der Waals surface area contributed by atoms with Crippen LogP contribution in [-0.2, 0) is 0 Å². The Bertz CT molecular complexity index is 2920. The van der Waals surface area contributed by atoms with Crippen LogP contribution in [0.5, 0.6) is 0 Å². The minimum absolute atomic E-state index is 1.12. The van der Waals surface area contributed by atoms with Gasteiger partial charge in [0, 0.05) is 26.8 Å². The summed E-state index contributed by atoms with van der Waals surface area (Å²) < 4.78 is 2.58. The Hall–Kier alpha value is -6.74. The Kier molecular flexibility index (Phi) is 8.09. The van der Waals surface area contributed by atoms with Gasteiger partial charge in [-0.2, -0.15) is 0 Å². The van der Waals surface area contributed by atoms with E-state index in [1.165, 1.54) is 81.1 Å². The van der Waals surface area contributed by atoms with Crippen LogP contribution in [0, 0.1) is 0 Å². The lowest BCUT2D eigenvalue weighted by molar-refractivity contribution is 1.30. The predicted molar refractivity (Wildman–Crippen MR) is 233 cm³/mol. The normalized spacial score (nSPS) is 11.3. The highest BCUT2D eigenvalue weighted by atomic mass is 32.1. The van der Waals surface area contributed by atoms with Crippen LogP contribution in [-0.4, -0.2) is 0 Å². The van der Waals surface area contributed by atoms with Crippen molar-refractivity contribution in [3.05, 3.63) is 212 Å². The molecule has 1 heterocycles. The van der Waals surface area contributed by atoms with E-state index in [0.717, 1.165) is 11.4 Å². The number of hydrogen-bond donors (Lipinski definition) is 0. The van der Waals surface area contributed by atoms with Crippen molar-refractivity contribution in [3.63, 3.8) is 0 Å². The molecule has 0 unspecified atom stereocenters. The number of nitrogens with zero attached hydrogens (tertiary/aromatic N) is 1. The molecule has 0 aliphatic rings. The van der Waals surface area contributed by atoms with Gasteiger partial charge in [-0.1, -0.05) is 164 Å². The van der Waals surface area contributed by atoms with Crippen LogP contribution in [0.25, 0.3) is 75.5 Å². The minimum atomic E-state index is 1.12. The highest BCUT2D eigenvalue weighted by Gasteiger charge is 2.19. The third-order valence-electron chi connectivity index (χ3n) is 10.5. The molecule has 0 spiro atoms. The van der Waals surface area contributed by atoms with Crippen molar-refractivity contribution in [1.82, 2.24) is 0 Å². The van der Waals surface area contributed by atoms with Crippen LogP contribution in [0.3, 0.4) is 0 Å². The summed E-state index contributed by atoms with van der Waals surface area (Å²) in [7, 11) is 0. The van der Waals surface area contributed by atoms with E-state index in [1.54, 1.807) is 0 Å². The second-order valence-corrected chi connectivity index (χ2v) is 14.8. The summed E-state index contributed by atoms with van der Waals surface area (Å²) in [5, 5.41) is 5.10. The van der Waals surface area contributed by atoms with Gasteiger partial charge in [-0.05, 0) is 104 Å². The van der Waals surface area contributed by atoms with E-state index in [9.17, 15) is 0 Å². The monoisotopic (exact) mass is 705 g/mol. The van der Waals surface area contributed by atoms with Crippen LogP contribution in [0.2, 0.25) is 0 Å². The molecule has 0 saturated carbocycles. The Labute approximate surface area is 319 Å². The Morgan fingerprint density at radius 3 is 1.59 bits per heavy atom. The molecule has 0 saturated heterocycles. The first-order valence-electron chi connectivity index (χ1n) is 18.4. The third kappa shape index (κ3) is 5.84. The summed E-state index contributed by atoms with van der Waals surface area (Å²) in [5.74, 6) is 0. The molecule has 0 N–H and O–H groups in total. The van der Waals surface area contributed by atoms with Crippen molar-refractivity contribution in [2.24, 2.45) is 0 Å². The zero-order valence-electron chi connectivity index (χ0n) is 29.6. The van der Waals surface area contributed by atoms with E-state index < -0.39 is 0 Å². The first-order chi connectivity index (χ1) is 26.8. The fraction of sp³-hybridized carbons (Fsp3) is 0. The fourth-order valence-corrected chi connectivity index (χ4v) is 8.99. The van der Waals surface area contributed by atoms with Gasteiger partial charge in [-0.15, -0.1) is 11.3 Å². The topological polar surface area (TPSA) is 3.24 Å². The van der Waals surface area contributed by atoms with Gasteiger partial charge in [0.1, 0.15) is 0 Å². The standard InChI is InChI=1S/C52H35NS/c1-2-13-38(14-3-1)46-18-6-7-19-47(46)39-28-32-45(33-29-39)53(50-22-11-21-49-48-20-8-9-23-51(48)54-52(49)50)44-30-26-37(27-31-44)41-16-10-17-42(34-41)43-25-24-36-12-4-5-15-40(36)35-43/h1-35H. The van der Waals surface area contributed by atoms with Gasteiger partial charge in [0.2, 0.25) is 0 Å². The van der Waals surface area contributed by atoms with Crippen LogP contribution in [0.1, 0.15) is 0 Å². The van der Waals surface area contributed by atoms with Crippen molar-refractivity contribution in [3.8, 4) is 44.5 Å². The van der Waals surface area contributed by atoms with Gasteiger partial charge in [-0.3, -0.25) is 0 Å². The number of hydrogen-bond acceptors (Lipinski definition) is 2. The number of rotatable bonds is 7. The number of fused-ring (bicyclic) bond motifs is 4. The van der Waals surface area contributed by atoms with Crippen molar-refractivity contribution < 1.29 is 0 Å².